The van der Waals surface area contributed by atoms with Crippen molar-refractivity contribution < 1.29 is 18.9 Å². The number of benzene rings is 1. The second-order valence-electron chi connectivity index (χ2n) is 5.66. The molecule has 1 aromatic carbocycles. The van der Waals surface area contributed by atoms with Gasteiger partial charge in [0.15, 0.2) is 6.29 Å². The molecule has 0 radical (unpaired) electrons. The number of hydrogen-bond acceptors (Lipinski definition) is 4. The Bertz CT molecular complexity index is 422. The summed E-state index contributed by atoms with van der Waals surface area (Å²) in [6.07, 6.45) is 0.233. The smallest absolute Gasteiger partial charge is 0.160 e. The molecule has 2 rings (SSSR count). The van der Waals surface area contributed by atoms with Gasteiger partial charge in [-0.25, -0.2) is 0 Å². The Kier molecular flexibility index (Phi) is 5.76. The van der Waals surface area contributed by atoms with Gasteiger partial charge in [0.1, 0.15) is 6.10 Å². The number of hydrogen-bond donors (Lipinski definition) is 0. The van der Waals surface area contributed by atoms with Crippen LogP contribution in [0.3, 0.4) is 0 Å². The van der Waals surface area contributed by atoms with Gasteiger partial charge in [-0.15, -0.1) is 0 Å². The third kappa shape index (κ3) is 4.04. The van der Waals surface area contributed by atoms with Crippen LogP contribution in [0, 0.1) is 0 Å². The molecule has 0 amide bonds. The van der Waals surface area contributed by atoms with E-state index in [1.54, 1.807) is 7.11 Å². The van der Waals surface area contributed by atoms with E-state index in [1.165, 1.54) is 0 Å². The highest BCUT2D eigenvalue weighted by Gasteiger charge is 2.46. The molecule has 0 unspecified atom stereocenters. The Labute approximate surface area is 127 Å². The Morgan fingerprint density at radius 2 is 1.95 bits per heavy atom. The lowest BCUT2D eigenvalue weighted by molar-refractivity contribution is -0.287. The average Bonchev–Trinajstić information content (AvgIpc) is 2.48. The van der Waals surface area contributed by atoms with Crippen LogP contribution in [0.4, 0.5) is 0 Å². The van der Waals surface area contributed by atoms with E-state index in [-0.39, 0.29) is 18.5 Å². The lowest BCUT2D eigenvalue weighted by Crippen LogP contribution is -2.57. The minimum absolute atomic E-state index is 0.0797. The number of rotatable bonds is 6. The molecular weight excluding hydrogens is 268 g/mol. The second-order valence-corrected chi connectivity index (χ2v) is 5.66. The fourth-order valence-electron chi connectivity index (χ4n) is 2.86. The first-order valence-corrected chi connectivity index (χ1v) is 7.57. The topological polar surface area (TPSA) is 36.9 Å². The SMILES string of the molecule is CCO[C@@H]1C[C@@](C)(OC)[C@@H](OCc2ccccc2)[C@H](C)O1. The van der Waals surface area contributed by atoms with Crippen molar-refractivity contribution in [3.05, 3.63) is 35.9 Å². The van der Waals surface area contributed by atoms with Crippen LogP contribution >= 0.6 is 0 Å². The highest BCUT2D eigenvalue weighted by Crippen LogP contribution is 2.34. The standard InChI is InChI=1S/C17H26O4/c1-5-19-15-11-17(3,18-4)16(13(2)21-15)20-12-14-9-7-6-8-10-14/h6-10,13,15-16H,5,11-12H2,1-4H3/t13-,15-,16-,17+/m0/s1. The zero-order valence-electron chi connectivity index (χ0n) is 13.4. The second kappa shape index (κ2) is 7.36. The van der Waals surface area contributed by atoms with Gasteiger partial charge in [0.25, 0.3) is 0 Å². The molecule has 4 atom stereocenters. The quantitative estimate of drug-likeness (QED) is 0.807. The van der Waals surface area contributed by atoms with Crippen molar-refractivity contribution in [1.82, 2.24) is 0 Å². The van der Waals surface area contributed by atoms with E-state index in [2.05, 4.69) is 19.1 Å². The molecule has 1 heterocycles. The maximum absolute atomic E-state index is 6.11. The Hall–Kier alpha value is -0.940. The van der Waals surface area contributed by atoms with E-state index in [1.807, 2.05) is 32.0 Å². The van der Waals surface area contributed by atoms with Crippen LogP contribution in [0.2, 0.25) is 0 Å². The van der Waals surface area contributed by atoms with E-state index < -0.39 is 5.60 Å². The monoisotopic (exact) mass is 294 g/mol. The van der Waals surface area contributed by atoms with Crippen LogP contribution in [0.1, 0.15) is 32.8 Å². The van der Waals surface area contributed by atoms with Crippen molar-refractivity contribution in [3.63, 3.8) is 0 Å². The van der Waals surface area contributed by atoms with Crippen LogP contribution in [-0.2, 0) is 25.6 Å². The molecular formula is C17H26O4. The molecule has 1 aliphatic rings. The summed E-state index contributed by atoms with van der Waals surface area (Å²) in [5.74, 6) is 0. The van der Waals surface area contributed by atoms with Gasteiger partial charge in [-0.3, -0.25) is 0 Å². The van der Waals surface area contributed by atoms with Crippen LogP contribution < -0.4 is 0 Å². The van der Waals surface area contributed by atoms with Gasteiger partial charge >= 0.3 is 0 Å². The molecule has 0 N–H and O–H groups in total. The summed E-state index contributed by atoms with van der Waals surface area (Å²) in [6, 6.07) is 10.1. The van der Waals surface area contributed by atoms with Gasteiger partial charge in [0.2, 0.25) is 0 Å². The maximum atomic E-state index is 6.11. The van der Waals surface area contributed by atoms with Gasteiger partial charge < -0.3 is 18.9 Å². The van der Waals surface area contributed by atoms with Crippen molar-refractivity contribution in [2.24, 2.45) is 0 Å². The van der Waals surface area contributed by atoms with Crippen molar-refractivity contribution in [2.45, 2.75) is 57.9 Å². The molecule has 0 saturated carbocycles. The molecule has 0 bridgehead atoms. The predicted octanol–water partition coefficient (Wildman–Crippen LogP) is 3.15. The summed E-state index contributed by atoms with van der Waals surface area (Å²) in [5.41, 5.74) is 0.738. The minimum atomic E-state index is -0.410. The van der Waals surface area contributed by atoms with E-state index >= 15 is 0 Å². The van der Waals surface area contributed by atoms with Crippen molar-refractivity contribution in [3.8, 4) is 0 Å². The normalized spacial score (nSPS) is 33.0. The molecule has 4 heteroatoms. The minimum Gasteiger partial charge on any atom is -0.376 e. The number of methoxy groups -OCH3 is 1. The van der Waals surface area contributed by atoms with Gasteiger partial charge in [0, 0.05) is 20.1 Å². The Morgan fingerprint density at radius 3 is 2.57 bits per heavy atom. The summed E-state index contributed by atoms with van der Waals surface area (Å²) in [5, 5.41) is 0. The molecule has 1 saturated heterocycles. The Morgan fingerprint density at radius 1 is 1.24 bits per heavy atom. The first-order chi connectivity index (χ1) is 10.1. The van der Waals surface area contributed by atoms with Crippen LogP contribution in [-0.4, -0.2) is 37.8 Å². The first-order valence-electron chi connectivity index (χ1n) is 7.57. The third-order valence-electron chi connectivity index (χ3n) is 4.06. The highest BCUT2D eigenvalue weighted by molar-refractivity contribution is 5.13. The van der Waals surface area contributed by atoms with Gasteiger partial charge in [-0.2, -0.15) is 0 Å². The molecule has 0 aliphatic carbocycles. The van der Waals surface area contributed by atoms with Crippen molar-refractivity contribution in [1.29, 1.82) is 0 Å². The summed E-state index contributed by atoms with van der Waals surface area (Å²) >= 11 is 0. The van der Waals surface area contributed by atoms with Gasteiger partial charge in [-0.05, 0) is 26.3 Å². The summed E-state index contributed by atoms with van der Waals surface area (Å²) < 4.78 is 23.4. The average molecular weight is 294 g/mol. The number of ether oxygens (including phenoxy) is 4. The summed E-state index contributed by atoms with van der Waals surface area (Å²) in [4.78, 5) is 0. The predicted molar refractivity (Wildman–Crippen MR) is 81.0 cm³/mol. The van der Waals surface area contributed by atoms with E-state index in [9.17, 15) is 0 Å². The highest BCUT2D eigenvalue weighted by atomic mass is 16.7. The molecule has 4 nitrogen and oxygen atoms in total. The fraction of sp³-hybridized carbons (Fsp3) is 0.647. The summed E-state index contributed by atoms with van der Waals surface area (Å²) in [7, 11) is 1.72. The van der Waals surface area contributed by atoms with Crippen LogP contribution in [0.5, 0.6) is 0 Å². The van der Waals surface area contributed by atoms with E-state index in [4.69, 9.17) is 18.9 Å². The maximum Gasteiger partial charge on any atom is 0.160 e. The molecule has 1 aliphatic heterocycles. The van der Waals surface area contributed by atoms with Crippen LogP contribution in [0.15, 0.2) is 30.3 Å². The molecule has 1 aromatic rings. The van der Waals surface area contributed by atoms with Crippen molar-refractivity contribution in [2.75, 3.05) is 13.7 Å². The molecule has 118 valence electrons. The zero-order valence-corrected chi connectivity index (χ0v) is 13.4. The molecule has 0 aromatic heterocycles. The summed E-state index contributed by atoms with van der Waals surface area (Å²) in [6.45, 7) is 7.23. The third-order valence-corrected chi connectivity index (χ3v) is 4.06. The van der Waals surface area contributed by atoms with E-state index in [0.29, 0.717) is 19.6 Å². The fourth-order valence-corrected chi connectivity index (χ4v) is 2.86. The molecule has 21 heavy (non-hydrogen) atoms. The zero-order chi connectivity index (χ0) is 15.3. The largest absolute Gasteiger partial charge is 0.376 e. The van der Waals surface area contributed by atoms with Gasteiger partial charge in [0.05, 0.1) is 18.3 Å². The van der Waals surface area contributed by atoms with E-state index in [0.717, 1.165) is 5.56 Å². The molecule has 0 spiro atoms. The lowest BCUT2D eigenvalue weighted by atomic mass is 9.88. The first kappa shape index (κ1) is 16.4. The molecule has 1 fully saturated rings. The lowest BCUT2D eigenvalue weighted by Gasteiger charge is -2.46. The van der Waals surface area contributed by atoms with Crippen molar-refractivity contribution >= 4 is 0 Å². The Balaban J connectivity index is 2.02. The van der Waals surface area contributed by atoms with Crippen LogP contribution in [0.25, 0.3) is 0 Å². The van der Waals surface area contributed by atoms with Gasteiger partial charge in [-0.1, -0.05) is 30.3 Å².